The molecular formula is C21H30O6. The van der Waals surface area contributed by atoms with E-state index in [1.54, 1.807) is 12.1 Å². The Morgan fingerprint density at radius 2 is 1.78 bits per heavy atom. The molecule has 27 heavy (non-hydrogen) atoms. The largest absolute Gasteiger partial charge is 0.543 e. The van der Waals surface area contributed by atoms with Crippen LogP contribution in [-0.2, 0) is 26.0 Å². The van der Waals surface area contributed by atoms with Crippen LogP contribution in [0.1, 0.15) is 75.2 Å². The van der Waals surface area contributed by atoms with Crippen molar-refractivity contribution in [1.82, 2.24) is 0 Å². The first kappa shape index (κ1) is 21.2. The molecule has 0 N–H and O–H groups in total. The molecule has 0 heterocycles. The van der Waals surface area contributed by atoms with Crippen LogP contribution in [0.15, 0.2) is 24.3 Å². The quantitative estimate of drug-likeness (QED) is 0.261. The second-order valence-corrected chi connectivity index (χ2v) is 7.35. The number of benzene rings is 1. The molecule has 0 radical (unpaired) electrons. The summed E-state index contributed by atoms with van der Waals surface area (Å²) in [4.78, 5) is 32.5. The van der Waals surface area contributed by atoms with Crippen molar-refractivity contribution >= 4 is 12.1 Å². The van der Waals surface area contributed by atoms with E-state index in [4.69, 9.17) is 4.74 Å². The highest BCUT2D eigenvalue weighted by Gasteiger charge is 2.30. The highest BCUT2D eigenvalue weighted by atomic mass is 17.5. The SMILES string of the molecule is CCCCCc1ccc(C(=O)OOOC(=O)OC2CCCC(C)C2C)cc1. The summed E-state index contributed by atoms with van der Waals surface area (Å²) in [7, 11) is 0. The van der Waals surface area contributed by atoms with Gasteiger partial charge in [-0.1, -0.05) is 52.2 Å². The van der Waals surface area contributed by atoms with E-state index in [0.717, 1.165) is 37.7 Å². The van der Waals surface area contributed by atoms with Gasteiger partial charge >= 0.3 is 12.1 Å². The van der Waals surface area contributed by atoms with Crippen molar-refractivity contribution in [2.45, 2.75) is 71.8 Å². The van der Waals surface area contributed by atoms with Gasteiger partial charge in [0.1, 0.15) is 6.10 Å². The molecule has 0 spiro atoms. The third kappa shape index (κ3) is 6.86. The maximum atomic E-state index is 11.9. The maximum absolute atomic E-state index is 11.9. The Hall–Kier alpha value is -2.08. The summed E-state index contributed by atoms with van der Waals surface area (Å²) >= 11 is 0. The van der Waals surface area contributed by atoms with E-state index >= 15 is 0 Å². The summed E-state index contributed by atoms with van der Waals surface area (Å²) in [6.45, 7) is 6.35. The molecular weight excluding hydrogens is 348 g/mol. The molecule has 1 saturated carbocycles. The number of carbonyl (C=O) groups is 2. The zero-order valence-electron chi connectivity index (χ0n) is 16.4. The lowest BCUT2D eigenvalue weighted by atomic mass is 9.79. The molecule has 1 aliphatic carbocycles. The molecule has 0 aromatic heterocycles. The van der Waals surface area contributed by atoms with Crippen LogP contribution in [0.25, 0.3) is 0 Å². The van der Waals surface area contributed by atoms with Crippen LogP contribution in [0.4, 0.5) is 4.79 Å². The molecule has 6 heteroatoms. The number of rotatable bonds is 8. The minimum Gasteiger partial charge on any atom is -0.429 e. The molecule has 0 aliphatic heterocycles. The van der Waals surface area contributed by atoms with E-state index in [9.17, 15) is 9.59 Å². The van der Waals surface area contributed by atoms with Gasteiger partial charge in [0, 0.05) is 0 Å². The van der Waals surface area contributed by atoms with Gasteiger partial charge in [-0.05, 0) is 55.2 Å². The smallest absolute Gasteiger partial charge is 0.429 e. The predicted molar refractivity (Wildman–Crippen MR) is 99.7 cm³/mol. The zero-order chi connectivity index (χ0) is 19.6. The Labute approximate surface area is 161 Å². The average Bonchev–Trinajstić information content (AvgIpc) is 2.66. The second-order valence-electron chi connectivity index (χ2n) is 7.35. The lowest BCUT2D eigenvalue weighted by molar-refractivity contribution is -0.453. The molecule has 0 bridgehead atoms. The van der Waals surface area contributed by atoms with Crippen molar-refractivity contribution < 1.29 is 29.1 Å². The summed E-state index contributed by atoms with van der Waals surface area (Å²) in [5, 5.41) is 4.30. The lowest BCUT2D eigenvalue weighted by Crippen LogP contribution is -2.33. The van der Waals surface area contributed by atoms with E-state index < -0.39 is 12.1 Å². The Kier molecular flexibility index (Phi) is 8.58. The molecule has 6 nitrogen and oxygen atoms in total. The number of unbranched alkanes of at least 4 members (excludes halogenated alkanes) is 2. The van der Waals surface area contributed by atoms with Gasteiger partial charge in [-0.3, -0.25) is 4.89 Å². The molecule has 3 atom stereocenters. The number of carbonyl (C=O) groups excluding carboxylic acids is 2. The highest BCUT2D eigenvalue weighted by Crippen LogP contribution is 2.31. The van der Waals surface area contributed by atoms with Crippen molar-refractivity contribution in [2.24, 2.45) is 11.8 Å². The fourth-order valence-corrected chi connectivity index (χ4v) is 3.35. The summed E-state index contributed by atoms with van der Waals surface area (Å²) in [5.41, 5.74) is 1.48. The third-order valence-electron chi connectivity index (χ3n) is 5.35. The third-order valence-corrected chi connectivity index (χ3v) is 5.35. The van der Waals surface area contributed by atoms with Gasteiger partial charge in [0.2, 0.25) is 0 Å². The van der Waals surface area contributed by atoms with Gasteiger partial charge in [-0.25, -0.2) is 14.5 Å². The lowest BCUT2D eigenvalue weighted by Gasteiger charge is -2.32. The first-order chi connectivity index (χ1) is 13.0. The normalized spacial score (nSPS) is 22.1. The average molecular weight is 378 g/mol. The molecule has 1 aromatic carbocycles. The van der Waals surface area contributed by atoms with Crippen LogP contribution < -0.4 is 0 Å². The number of ether oxygens (including phenoxy) is 1. The van der Waals surface area contributed by atoms with Crippen molar-refractivity contribution in [1.29, 1.82) is 0 Å². The van der Waals surface area contributed by atoms with Crippen LogP contribution >= 0.6 is 0 Å². The minimum atomic E-state index is -1.000. The van der Waals surface area contributed by atoms with Gasteiger partial charge in [0.15, 0.2) is 0 Å². The molecule has 0 amide bonds. The molecule has 1 aliphatic rings. The summed E-state index contributed by atoms with van der Waals surface area (Å²) < 4.78 is 5.25. The van der Waals surface area contributed by atoms with Crippen molar-refractivity contribution in [3.8, 4) is 0 Å². The van der Waals surface area contributed by atoms with Gasteiger partial charge in [-0.2, -0.15) is 0 Å². The van der Waals surface area contributed by atoms with Crippen molar-refractivity contribution in [3.05, 3.63) is 35.4 Å². The van der Waals surface area contributed by atoms with Gasteiger partial charge in [0.05, 0.1) is 10.6 Å². The van der Waals surface area contributed by atoms with Crippen LogP contribution in [0.3, 0.4) is 0 Å². The fourth-order valence-electron chi connectivity index (χ4n) is 3.35. The molecule has 150 valence electrons. The van der Waals surface area contributed by atoms with Crippen molar-refractivity contribution in [3.63, 3.8) is 0 Å². The van der Waals surface area contributed by atoms with Gasteiger partial charge in [-0.15, -0.1) is 0 Å². The first-order valence-electron chi connectivity index (χ1n) is 9.86. The fraction of sp³-hybridized carbons (Fsp3) is 0.619. The van der Waals surface area contributed by atoms with Gasteiger partial charge in [0.25, 0.3) is 0 Å². The highest BCUT2D eigenvalue weighted by molar-refractivity contribution is 5.88. The van der Waals surface area contributed by atoms with E-state index in [-0.39, 0.29) is 12.0 Å². The van der Waals surface area contributed by atoms with E-state index in [1.165, 1.54) is 12.8 Å². The Morgan fingerprint density at radius 1 is 1.04 bits per heavy atom. The minimum absolute atomic E-state index is 0.208. The van der Waals surface area contributed by atoms with Crippen molar-refractivity contribution in [2.75, 3.05) is 0 Å². The topological polar surface area (TPSA) is 71.1 Å². The number of hydrogen-bond donors (Lipinski definition) is 0. The van der Waals surface area contributed by atoms with E-state index in [0.29, 0.717) is 11.5 Å². The van der Waals surface area contributed by atoms with Crippen LogP contribution in [-0.4, -0.2) is 18.2 Å². The first-order valence-corrected chi connectivity index (χ1v) is 9.86. The van der Waals surface area contributed by atoms with Crippen LogP contribution in [0, 0.1) is 11.8 Å². The summed E-state index contributed by atoms with van der Waals surface area (Å²) in [5.74, 6) is 0.00694. The molecule has 0 saturated heterocycles. The molecule has 2 rings (SSSR count). The van der Waals surface area contributed by atoms with Crippen LogP contribution in [0.5, 0.6) is 0 Å². The zero-order valence-corrected chi connectivity index (χ0v) is 16.4. The molecule has 1 aromatic rings. The van der Waals surface area contributed by atoms with Gasteiger partial charge < -0.3 is 4.74 Å². The Balaban J connectivity index is 1.69. The second kappa shape index (κ2) is 10.9. The predicted octanol–water partition coefficient (Wildman–Crippen LogP) is 5.40. The summed E-state index contributed by atoms with van der Waals surface area (Å²) in [6, 6.07) is 7.09. The van der Waals surface area contributed by atoms with Crippen LogP contribution in [0.2, 0.25) is 0 Å². The van der Waals surface area contributed by atoms with E-state index in [1.807, 2.05) is 12.1 Å². The monoisotopic (exact) mass is 378 g/mol. The molecule has 3 unspecified atom stereocenters. The Bertz CT molecular complexity index is 597. The maximum Gasteiger partial charge on any atom is 0.543 e. The summed E-state index contributed by atoms with van der Waals surface area (Å²) in [6.07, 6.45) is 6.18. The molecule has 1 fully saturated rings. The number of aryl methyl sites for hydroxylation is 1. The standard InChI is InChI=1S/C21H30O6/c1-4-5-6-9-17-11-13-18(14-12-17)20(22)25-27-26-21(23)24-19-10-7-8-15(2)16(19)3/h11-16,19H,4-10H2,1-3H3. The van der Waals surface area contributed by atoms with E-state index in [2.05, 4.69) is 35.6 Å². The number of hydrogen-bond acceptors (Lipinski definition) is 6. The Morgan fingerprint density at radius 3 is 2.48 bits per heavy atom.